The maximum Gasteiger partial charge on any atom is 0.222 e. The number of benzene rings is 1. The van der Waals surface area contributed by atoms with E-state index in [1.54, 1.807) is 26.5 Å². The Morgan fingerprint density at radius 3 is 2.28 bits per heavy atom. The Morgan fingerprint density at radius 1 is 1.24 bits per heavy atom. The number of halogens is 2. The standard InChI is InChI=1S/C16H22N4O3.2ClH/c1-20-7-6-18-16(20)15(19-14(21)4-5-17)11-8-12(22-2)10-13(9-11)23-3;;/h6-10,15H,4-5,17H2,1-3H3,(H,19,21);2*1H. The van der Waals surface area contributed by atoms with E-state index in [0.29, 0.717) is 23.9 Å². The zero-order chi connectivity index (χ0) is 16.8. The molecule has 1 amide bonds. The Bertz CT molecular complexity index is 657. The van der Waals surface area contributed by atoms with Gasteiger partial charge in [0.05, 0.1) is 14.2 Å². The first kappa shape index (κ1) is 23.0. The van der Waals surface area contributed by atoms with Crippen molar-refractivity contribution in [2.45, 2.75) is 12.5 Å². The number of nitrogens with one attached hydrogen (secondary N) is 1. The topological polar surface area (TPSA) is 91.4 Å². The number of amides is 1. The summed E-state index contributed by atoms with van der Waals surface area (Å²) in [6.45, 7) is 0.292. The molecule has 2 aromatic rings. The third kappa shape index (κ3) is 5.81. The van der Waals surface area contributed by atoms with Crippen LogP contribution in [0.1, 0.15) is 23.9 Å². The molecule has 9 heteroatoms. The zero-order valence-corrected chi connectivity index (χ0v) is 16.0. The molecule has 0 aliphatic rings. The highest BCUT2D eigenvalue weighted by Gasteiger charge is 2.22. The minimum absolute atomic E-state index is 0. The van der Waals surface area contributed by atoms with E-state index in [0.717, 1.165) is 5.56 Å². The van der Waals surface area contributed by atoms with Crippen LogP contribution in [0.4, 0.5) is 0 Å². The van der Waals surface area contributed by atoms with Crippen LogP contribution in [0, 0.1) is 0 Å². The van der Waals surface area contributed by atoms with E-state index in [1.165, 1.54) is 0 Å². The van der Waals surface area contributed by atoms with Crippen LogP contribution in [0.15, 0.2) is 30.6 Å². The summed E-state index contributed by atoms with van der Waals surface area (Å²) >= 11 is 0. The fourth-order valence-corrected chi connectivity index (χ4v) is 2.31. The van der Waals surface area contributed by atoms with Crippen LogP contribution in [0.3, 0.4) is 0 Å². The number of rotatable bonds is 7. The number of hydrogen-bond acceptors (Lipinski definition) is 5. The second kappa shape index (κ2) is 10.8. The van der Waals surface area contributed by atoms with Crippen molar-refractivity contribution in [3.63, 3.8) is 0 Å². The first-order valence-electron chi connectivity index (χ1n) is 7.28. The van der Waals surface area contributed by atoms with Crippen LogP contribution >= 0.6 is 24.8 Å². The Hall–Kier alpha value is -1.96. The van der Waals surface area contributed by atoms with Gasteiger partial charge in [-0.05, 0) is 17.7 Å². The van der Waals surface area contributed by atoms with E-state index >= 15 is 0 Å². The van der Waals surface area contributed by atoms with Gasteiger partial charge in [-0.1, -0.05) is 0 Å². The number of ether oxygens (including phenoxy) is 2. The summed E-state index contributed by atoms with van der Waals surface area (Å²) in [5, 5.41) is 2.97. The van der Waals surface area contributed by atoms with Crippen LogP contribution in [0.2, 0.25) is 0 Å². The summed E-state index contributed by atoms with van der Waals surface area (Å²) < 4.78 is 12.5. The van der Waals surface area contributed by atoms with Crippen molar-refractivity contribution in [2.75, 3.05) is 20.8 Å². The van der Waals surface area contributed by atoms with E-state index < -0.39 is 6.04 Å². The van der Waals surface area contributed by atoms with Gasteiger partial charge >= 0.3 is 0 Å². The fraction of sp³-hybridized carbons (Fsp3) is 0.375. The molecule has 0 spiro atoms. The van der Waals surface area contributed by atoms with Gasteiger partial charge in [0.25, 0.3) is 0 Å². The number of carbonyl (C=O) groups is 1. The minimum atomic E-state index is -0.418. The number of hydrogen-bond donors (Lipinski definition) is 2. The van der Waals surface area contributed by atoms with Crippen molar-refractivity contribution >= 4 is 30.7 Å². The molecule has 3 N–H and O–H groups in total. The first-order chi connectivity index (χ1) is 11.1. The molecule has 0 saturated heterocycles. The number of methoxy groups -OCH3 is 2. The maximum atomic E-state index is 12.1. The van der Waals surface area contributed by atoms with Gasteiger partial charge in [0.2, 0.25) is 5.91 Å². The molecule has 0 fully saturated rings. The Morgan fingerprint density at radius 2 is 1.84 bits per heavy atom. The molecule has 140 valence electrons. The van der Waals surface area contributed by atoms with E-state index in [1.807, 2.05) is 29.9 Å². The lowest BCUT2D eigenvalue weighted by Crippen LogP contribution is -2.32. The third-order valence-electron chi connectivity index (χ3n) is 3.50. The Kier molecular flexibility index (Phi) is 9.96. The first-order valence-corrected chi connectivity index (χ1v) is 7.28. The molecule has 0 bridgehead atoms. The number of carbonyl (C=O) groups excluding carboxylic acids is 1. The smallest absolute Gasteiger partial charge is 0.222 e. The Labute approximate surface area is 159 Å². The molecule has 1 heterocycles. The fourth-order valence-electron chi connectivity index (χ4n) is 2.31. The monoisotopic (exact) mass is 390 g/mol. The molecule has 0 aliphatic heterocycles. The maximum absolute atomic E-state index is 12.1. The predicted octanol–water partition coefficient (Wildman–Crippen LogP) is 1.84. The highest BCUT2D eigenvalue weighted by Crippen LogP contribution is 2.29. The molecule has 0 radical (unpaired) electrons. The third-order valence-corrected chi connectivity index (χ3v) is 3.50. The van der Waals surface area contributed by atoms with Crippen molar-refractivity contribution in [3.8, 4) is 11.5 Å². The van der Waals surface area contributed by atoms with Crippen LogP contribution in [-0.4, -0.2) is 36.2 Å². The summed E-state index contributed by atoms with van der Waals surface area (Å²) in [6, 6.07) is 5.06. The number of aryl methyl sites for hydroxylation is 1. The highest BCUT2D eigenvalue weighted by atomic mass is 35.5. The van der Waals surface area contributed by atoms with E-state index in [2.05, 4.69) is 10.3 Å². The molecular weight excluding hydrogens is 367 g/mol. The number of nitrogens with two attached hydrogens (primary N) is 1. The quantitative estimate of drug-likeness (QED) is 0.752. The average molecular weight is 391 g/mol. The van der Waals surface area contributed by atoms with Gasteiger partial charge < -0.3 is 25.1 Å². The molecule has 1 unspecified atom stereocenters. The van der Waals surface area contributed by atoms with Crippen molar-refractivity contribution in [2.24, 2.45) is 12.8 Å². The second-order valence-corrected chi connectivity index (χ2v) is 5.08. The largest absolute Gasteiger partial charge is 0.497 e. The predicted molar refractivity (Wildman–Crippen MR) is 101 cm³/mol. The lowest BCUT2D eigenvalue weighted by atomic mass is 10.0. The van der Waals surface area contributed by atoms with Crippen molar-refractivity contribution in [1.29, 1.82) is 0 Å². The molecule has 1 aromatic heterocycles. The van der Waals surface area contributed by atoms with E-state index in [4.69, 9.17) is 15.2 Å². The lowest BCUT2D eigenvalue weighted by molar-refractivity contribution is -0.121. The van der Waals surface area contributed by atoms with Crippen molar-refractivity contribution < 1.29 is 14.3 Å². The summed E-state index contributed by atoms with van der Waals surface area (Å²) in [5.74, 6) is 1.87. The minimum Gasteiger partial charge on any atom is -0.497 e. The van der Waals surface area contributed by atoms with Crippen LogP contribution in [0.25, 0.3) is 0 Å². The van der Waals surface area contributed by atoms with Crippen LogP contribution < -0.4 is 20.5 Å². The Balaban J connectivity index is 0.00000288. The zero-order valence-electron chi connectivity index (χ0n) is 14.4. The van der Waals surface area contributed by atoms with Gasteiger partial charge in [-0.25, -0.2) is 4.98 Å². The lowest BCUT2D eigenvalue weighted by Gasteiger charge is -2.20. The van der Waals surface area contributed by atoms with Crippen LogP contribution in [-0.2, 0) is 11.8 Å². The molecule has 7 nitrogen and oxygen atoms in total. The summed E-state index contributed by atoms with van der Waals surface area (Å²) in [7, 11) is 5.05. The molecular formula is C16H24Cl2N4O3. The van der Waals surface area contributed by atoms with Crippen LogP contribution in [0.5, 0.6) is 11.5 Å². The summed E-state index contributed by atoms with van der Waals surface area (Å²) in [4.78, 5) is 16.4. The summed E-state index contributed by atoms with van der Waals surface area (Å²) in [6.07, 6.45) is 3.77. The van der Waals surface area contributed by atoms with Crippen molar-refractivity contribution in [1.82, 2.24) is 14.9 Å². The number of imidazole rings is 1. The van der Waals surface area contributed by atoms with Gasteiger partial charge in [-0.15, -0.1) is 24.8 Å². The number of aromatic nitrogens is 2. The molecule has 2 rings (SSSR count). The average Bonchev–Trinajstić information content (AvgIpc) is 2.98. The van der Waals surface area contributed by atoms with Gasteiger partial charge in [0, 0.05) is 38.5 Å². The van der Waals surface area contributed by atoms with E-state index in [-0.39, 0.29) is 37.1 Å². The van der Waals surface area contributed by atoms with Crippen molar-refractivity contribution in [3.05, 3.63) is 42.0 Å². The number of nitrogens with zero attached hydrogens (tertiary/aromatic N) is 2. The van der Waals surface area contributed by atoms with E-state index in [9.17, 15) is 4.79 Å². The van der Waals surface area contributed by atoms with Gasteiger partial charge in [0.1, 0.15) is 23.4 Å². The SMILES string of the molecule is COc1cc(OC)cc(C(NC(=O)CCN)c2nccn2C)c1.Cl.Cl. The van der Waals surface area contributed by atoms with Gasteiger partial charge in [0.15, 0.2) is 0 Å². The molecule has 25 heavy (non-hydrogen) atoms. The molecule has 1 atom stereocenters. The molecule has 1 aromatic carbocycles. The van der Waals surface area contributed by atoms with Gasteiger partial charge in [-0.2, -0.15) is 0 Å². The highest BCUT2D eigenvalue weighted by molar-refractivity contribution is 5.85. The summed E-state index contributed by atoms with van der Waals surface area (Å²) in [5.41, 5.74) is 6.28. The van der Waals surface area contributed by atoms with Gasteiger partial charge in [-0.3, -0.25) is 4.79 Å². The second-order valence-electron chi connectivity index (χ2n) is 5.08. The molecule has 0 saturated carbocycles. The molecule has 0 aliphatic carbocycles. The normalized spacial score (nSPS) is 10.9.